The smallest absolute Gasteiger partial charge is 0.305 e. The Hall–Kier alpha value is -1.36. The molecule has 1 heterocycles. The number of carboxylic acids is 1. The van der Waals surface area contributed by atoms with Crippen molar-refractivity contribution in [2.75, 3.05) is 0 Å². The van der Waals surface area contributed by atoms with Gasteiger partial charge in [0.2, 0.25) is 0 Å². The molecule has 0 fully saturated rings. The summed E-state index contributed by atoms with van der Waals surface area (Å²) in [4.78, 5) is 22.9. The van der Waals surface area contributed by atoms with Gasteiger partial charge < -0.3 is 10.4 Å². The summed E-state index contributed by atoms with van der Waals surface area (Å²) in [6.07, 6.45) is 1.51. The van der Waals surface area contributed by atoms with Crippen molar-refractivity contribution in [1.82, 2.24) is 5.32 Å². The maximum atomic E-state index is 11.7. The van der Waals surface area contributed by atoms with Gasteiger partial charge in [-0.15, -0.1) is 11.3 Å². The van der Waals surface area contributed by atoms with Crippen LogP contribution in [0, 0.1) is 0 Å². The second-order valence-electron chi connectivity index (χ2n) is 3.53. The number of hydrogen-bond acceptors (Lipinski definition) is 3. The fraction of sp³-hybridized carbons (Fsp3) is 0.455. The number of carbonyl (C=O) groups is 2. The highest BCUT2D eigenvalue weighted by Gasteiger charge is 2.16. The van der Waals surface area contributed by atoms with E-state index in [9.17, 15) is 9.59 Å². The molecular formula is C11H15NO3S. The number of thiophene rings is 1. The molecule has 0 saturated heterocycles. The van der Waals surface area contributed by atoms with Gasteiger partial charge in [0.05, 0.1) is 11.3 Å². The van der Waals surface area contributed by atoms with Gasteiger partial charge in [-0.05, 0) is 17.9 Å². The van der Waals surface area contributed by atoms with Gasteiger partial charge in [0.25, 0.3) is 5.91 Å². The topological polar surface area (TPSA) is 66.4 Å². The molecule has 2 N–H and O–H groups in total. The average Bonchev–Trinajstić information content (AvgIpc) is 2.69. The molecule has 16 heavy (non-hydrogen) atoms. The number of aliphatic carboxylic acids is 1. The van der Waals surface area contributed by atoms with E-state index in [4.69, 9.17) is 5.11 Å². The summed E-state index contributed by atoms with van der Waals surface area (Å²) in [7, 11) is 0. The zero-order chi connectivity index (χ0) is 12.0. The van der Waals surface area contributed by atoms with Gasteiger partial charge in [-0.3, -0.25) is 9.59 Å². The van der Waals surface area contributed by atoms with Crippen molar-refractivity contribution < 1.29 is 14.7 Å². The molecule has 0 saturated carbocycles. The molecule has 88 valence electrons. The fourth-order valence-electron chi connectivity index (χ4n) is 1.45. The van der Waals surface area contributed by atoms with Crippen LogP contribution >= 0.6 is 11.3 Å². The van der Waals surface area contributed by atoms with Crippen molar-refractivity contribution in [3.63, 3.8) is 0 Å². The van der Waals surface area contributed by atoms with Crippen molar-refractivity contribution >= 4 is 23.2 Å². The summed E-state index contributed by atoms with van der Waals surface area (Å²) in [5.41, 5.74) is 0. The zero-order valence-corrected chi connectivity index (χ0v) is 9.92. The van der Waals surface area contributed by atoms with Gasteiger partial charge in [0.15, 0.2) is 0 Å². The third kappa shape index (κ3) is 4.02. The lowest BCUT2D eigenvalue weighted by Gasteiger charge is -2.15. The van der Waals surface area contributed by atoms with E-state index in [1.807, 2.05) is 12.3 Å². The molecular weight excluding hydrogens is 226 g/mol. The van der Waals surface area contributed by atoms with Gasteiger partial charge in [-0.1, -0.05) is 19.4 Å². The van der Waals surface area contributed by atoms with Crippen LogP contribution in [0.5, 0.6) is 0 Å². The highest BCUT2D eigenvalue weighted by Crippen LogP contribution is 2.10. The van der Waals surface area contributed by atoms with Gasteiger partial charge in [0.1, 0.15) is 0 Å². The first-order valence-electron chi connectivity index (χ1n) is 5.19. The molecule has 0 bridgehead atoms. The molecule has 4 nitrogen and oxygen atoms in total. The molecule has 0 radical (unpaired) electrons. The van der Waals surface area contributed by atoms with Gasteiger partial charge >= 0.3 is 5.97 Å². The summed E-state index contributed by atoms with van der Waals surface area (Å²) in [5.74, 6) is -1.07. The normalized spacial score (nSPS) is 12.1. The first-order valence-corrected chi connectivity index (χ1v) is 6.07. The van der Waals surface area contributed by atoms with Gasteiger partial charge in [-0.25, -0.2) is 0 Å². The third-order valence-electron chi connectivity index (χ3n) is 2.14. The lowest BCUT2D eigenvalue weighted by molar-refractivity contribution is -0.137. The van der Waals surface area contributed by atoms with Crippen LogP contribution in [0.2, 0.25) is 0 Å². The molecule has 0 aliphatic rings. The maximum absolute atomic E-state index is 11.7. The summed E-state index contributed by atoms with van der Waals surface area (Å²) in [5, 5.41) is 13.3. The van der Waals surface area contributed by atoms with Crippen LogP contribution in [-0.4, -0.2) is 23.0 Å². The SMILES string of the molecule is CCCC(CC(=O)O)NC(=O)c1cccs1. The van der Waals surface area contributed by atoms with E-state index in [-0.39, 0.29) is 18.4 Å². The second-order valence-corrected chi connectivity index (χ2v) is 4.48. The summed E-state index contributed by atoms with van der Waals surface area (Å²) >= 11 is 1.35. The van der Waals surface area contributed by atoms with E-state index in [2.05, 4.69) is 5.32 Å². The summed E-state index contributed by atoms with van der Waals surface area (Å²) < 4.78 is 0. The molecule has 1 amide bonds. The van der Waals surface area contributed by atoms with Crippen molar-refractivity contribution in [3.8, 4) is 0 Å². The molecule has 1 rings (SSSR count). The van der Waals surface area contributed by atoms with E-state index in [1.165, 1.54) is 11.3 Å². The van der Waals surface area contributed by atoms with E-state index in [0.29, 0.717) is 11.3 Å². The molecule has 1 atom stereocenters. The van der Waals surface area contributed by atoms with Crippen LogP contribution in [-0.2, 0) is 4.79 Å². The zero-order valence-electron chi connectivity index (χ0n) is 9.10. The Kier molecular flexibility index (Phi) is 4.98. The van der Waals surface area contributed by atoms with Crippen molar-refractivity contribution in [2.24, 2.45) is 0 Å². The van der Waals surface area contributed by atoms with E-state index in [0.717, 1.165) is 6.42 Å². The molecule has 1 aromatic heterocycles. The minimum atomic E-state index is -0.884. The standard InChI is InChI=1S/C11H15NO3S/c1-2-4-8(7-10(13)14)12-11(15)9-5-3-6-16-9/h3,5-6,8H,2,4,7H2,1H3,(H,12,15)(H,13,14). The van der Waals surface area contributed by atoms with Crippen molar-refractivity contribution in [1.29, 1.82) is 0 Å². The van der Waals surface area contributed by atoms with E-state index >= 15 is 0 Å². The summed E-state index contributed by atoms with van der Waals surface area (Å²) in [6.45, 7) is 1.96. The van der Waals surface area contributed by atoms with Crippen LogP contribution in [0.15, 0.2) is 17.5 Å². The first-order chi connectivity index (χ1) is 7.63. The molecule has 5 heteroatoms. The predicted molar refractivity (Wildman–Crippen MR) is 62.7 cm³/mol. The van der Waals surface area contributed by atoms with Gasteiger partial charge in [-0.2, -0.15) is 0 Å². The Morgan fingerprint density at radius 2 is 2.31 bits per heavy atom. The highest BCUT2D eigenvalue weighted by molar-refractivity contribution is 7.12. The number of nitrogens with one attached hydrogen (secondary N) is 1. The fourth-order valence-corrected chi connectivity index (χ4v) is 2.08. The van der Waals surface area contributed by atoms with Gasteiger partial charge in [0, 0.05) is 6.04 Å². The number of amides is 1. The van der Waals surface area contributed by atoms with E-state index < -0.39 is 5.97 Å². The molecule has 0 aromatic carbocycles. The molecule has 0 aliphatic heterocycles. The Morgan fingerprint density at radius 1 is 1.56 bits per heavy atom. The minimum Gasteiger partial charge on any atom is -0.481 e. The number of rotatable bonds is 6. The monoisotopic (exact) mass is 241 g/mol. The van der Waals surface area contributed by atoms with Crippen molar-refractivity contribution in [3.05, 3.63) is 22.4 Å². The number of hydrogen-bond donors (Lipinski definition) is 2. The molecule has 1 unspecified atom stereocenters. The first kappa shape index (κ1) is 12.7. The molecule has 0 aliphatic carbocycles. The quantitative estimate of drug-likeness (QED) is 0.801. The summed E-state index contributed by atoms with van der Waals surface area (Å²) in [6, 6.07) is 3.24. The second kappa shape index (κ2) is 6.27. The van der Waals surface area contributed by atoms with Crippen molar-refractivity contribution in [2.45, 2.75) is 32.2 Å². The Bertz CT molecular complexity index is 348. The lowest BCUT2D eigenvalue weighted by atomic mass is 10.1. The maximum Gasteiger partial charge on any atom is 0.305 e. The molecule has 0 spiro atoms. The van der Waals surface area contributed by atoms with Crippen LogP contribution < -0.4 is 5.32 Å². The van der Waals surface area contributed by atoms with Crippen LogP contribution in [0.25, 0.3) is 0 Å². The molecule has 1 aromatic rings. The Labute approximate surface area is 98.3 Å². The lowest BCUT2D eigenvalue weighted by Crippen LogP contribution is -2.36. The highest BCUT2D eigenvalue weighted by atomic mass is 32.1. The van der Waals surface area contributed by atoms with Crippen LogP contribution in [0.3, 0.4) is 0 Å². The predicted octanol–water partition coefficient (Wildman–Crippen LogP) is 2.12. The Balaban J connectivity index is 2.54. The number of carbonyl (C=O) groups excluding carboxylic acids is 1. The largest absolute Gasteiger partial charge is 0.481 e. The average molecular weight is 241 g/mol. The van der Waals surface area contributed by atoms with Crippen LogP contribution in [0.1, 0.15) is 35.9 Å². The van der Waals surface area contributed by atoms with Crippen LogP contribution in [0.4, 0.5) is 0 Å². The number of carboxylic acid groups (broad SMARTS) is 1. The third-order valence-corrected chi connectivity index (χ3v) is 3.01. The Morgan fingerprint density at radius 3 is 2.81 bits per heavy atom. The van der Waals surface area contributed by atoms with E-state index in [1.54, 1.807) is 12.1 Å². The minimum absolute atomic E-state index is 0.0229.